The Kier molecular flexibility index (Phi) is 34.0. The van der Waals surface area contributed by atoms with Crippen LogP contribution in [0.2, 0.25) is 0 Å². The molecular weight excluding hydrogens is 590 g/mol. The minimum absolute atomic E-state index is 0. The summed E-state index contributed by atoms with van der Waals surface area (Å²) in [6, 6.07) is 0. The van der Waals surface area contributed by atoms with Gasteiger partial charge in [0.2, 0.25) is 0 Å². The molecule has 0 aromatic carbocycles. The maximum Gasteiger partial charge on any atom is 0.397 e. The number of aliphatic hydroxyl groups excluding tert-OH is 1. The Hall–Kier alpha value is -0.870. The number of unbranched alkanes of at least 4 members (excludes halogenated alkanes) is 24. The Morgan fingerprint density at radius 1 is 0.533 bits per heavy atom. The van der Waals surface area contributed by atoms with Crippen molar-refractivity contribution >= 4 is 22.0 Å². The number of aliphatic hydroxyl groups is 1. The number of hydrogen-bond donors (Lipinski definition) is 3. The van der Waals surface area contributed by atoms with Gasteiger partial charge in [-0.25, -0.2) is 4.18 Å². The van der Waals surface area contributed by atoms with Crippen LogP contribution in [0.15, 0.2) is 0 Å². The number of rotatable bonds is 35. The van der Waals surface area contributed by atoms with Crippen LogP contribution < -0.4 is 6.15 Å². The third-order valence-electron chi connectivity index (χ3n) is 8.75. The molecule has 8 nitrogen and oxygen atoms in total. The first-order chi connectivity index (χ1) is 21.2. The van der Waals surface area contributed by atoms with Crippen molar-refractivity contribution < 1.29 is 31.8 Å². The van der Waals surface area contributed by atoms with Crippen molar-refractivity contribution in [1.82, 2.24) is 6.15 Å². The van der Waals surface area contributed by atoms with E-state index in [0.29, 0.717) is 12.8 Å². The summed E-state index contributed by atoms with van der Waals surface area (Å²) < 4.78 is 34.8. The topological polar surface area (TPSA) is 153 Å². The van der Waals surface area contributed by atoms with Gasteiger partial charge in [0.1, 0.15) is 11.6 Å². The van der Waals surface area contributed by atoms with Gasteiger partial charge in [0.25, 0.3) is 0 Å². The van der Waals surface area contributed by atoms with Crippen LogP contribution in [0.3, 0.4) is 0 Å². The summed E-state index contributed by atoms with van der Waals surface area (Å²) >= 11 is 0. The number of hydrogen-bond acceptors (Lipinski definition) is 7. The lowest BCUT2D eigenvalue weighted by atomic mass is 9.87. The van der Waals surface area contributed by atoms with E-state index in [-0.39, 0.29) is 24.1 Å². The molecule has 0 radical (unpaired) electrons. The first-order valence-electron chi connectivity index (χ1n) is 18.6. The second-order valence-electron chi connectivity index (χ2n) is 13.1. The first-order valence-corrected chi connectivity index (χ1v) is 19.9. The minimum atomic E-state index is -4.70. The monoisotopic (exact) mass is 664 g/mol. The zero-order chi connectivity index (χ0) is 32.7. The predicted molar refractivity (Wildman–Crippen MR) is 187 cm³/mol. The normalized spacial score (nSPS) is 12.4. The van der Waals surface area contributed by atoms with E-state index in [1.165, 1.54) is 116 Å². The van der Waals surface area contributed by atoms with Crippen molar-refractivity contribution in [2.45, 2.75) is 206 Å². The third kappa shape index (κ3) is 32.8. The van der Waals surface area contributed by atoms with Gasteiger partial charge in [0.05, 0.1) is 18.6 Å². The highest BCUT2D eigenvalue weighted by atomic mass is 32.3. The summed E-state index contributed by atoms with van der Waals surface area (Å²) in [4.78, 5) is 26.0. The molecule has 0 fully saturated rings. The largest absolute Gasteiger partial charge is 0.397 e. The van der Waals surface area contributed by atoms with Crippen LogP contribution in [0.25, 0.3) is 0 Å². The van der Waals surface area contributed by atoms with Gasteiger partial charge in [-0.05, 0) is 19.3 Å². The average molecular weight is 664 g/mol. The molecule has 0 aromatic heterocycles. The van der Waals surface area contributed by atoms with Gasteiger partial charge in [-0.15, -0.1) is 0 Å². The van der Waals surface area contributed by atoms with Gasteiger partial charge in [-0.2, -0.15) is 8.42 Å². The van der Waals surface area contributed by atoms with E-state index in [0.717, 1.165) is 51.4 Å². The molecule has 5 N–H and O–H groups in total. The average Bonchev–Trinajstić information content (AvgIpc) is 2.99. The van der Waals surface area contributed by atoms with Crippen molar-refractivity contribution in [2.24, 2.45) is 5.92 Å². The molecule has 0 bridgehead atoms. The van der Waals surface area contributed by atoms with Crippen molar-refractivity contribution in [2.75, 3.05) is 6.61 Å². The maximum absolute atomic E-state index is 13.0. The van der Waals surface area contributed by atoms with E-state index < -0.39 is 29.0 Å². The number of carbonyl (C=O) groups is 2. The van der Waals surface area contributed by atoms with E-state index in [2.05, 4.69) is 18.0 Å². The lowest BCUT2D eigenvalue weighted by molar-refractivity contribution is -0.134. The van der Waals surface area contributed by atoms with Crippen molar-refractivity contribution in [1.29, 1.82) is 0 Å². The fourth-order valence-corrected chi connectivity index (χ4v) is 6.26. The molecule has 0 heterocycles. The lowest BCUT2D eigenvalue weighted by Gasteiger charge is -2.18. The zero-order valence-corrected chi connectivity index (χ0v) is 30.2. The Labute approximate surface area is 278 Å². The second-order valence-corrected chi connectivity index (χ2v) is 14.2. The van der Waals surface area contributed by atoms with E-state index in [4.69, 9.17) is 4.55 Å². The summed E-state index contributed by atoms with van der Waals surface area (Å²) in [5, 5.41) is 10.2. The van der Waals surface area contributed by atoms with E-state index in [1.54, 1.807) is 0 Å². The van der Waals surface area contributed by atoms with Crippen LogP contribution in [-0.4, -0.2) is 42.4 Å². The smallest absolute Gasteiger partial charge is 0.391 e. The van der Waals surface area contributed by atoms with Crippen LogP contribution >= 0.6 is 0 Å². The molecule has 0 amide bonds. The molecule has 0 aliphatic rings. The van der Waals surface area contributed by atoms with Crippen molar-refractivity contribution in [3.8, 4) is 0 Å². The molecule has 1 unspecified atom stereocenters. The highest BCUT2D eigenvalue weighted by Gasteiger charge is 2.28. The quantitative estimate of drug-likeness (QED) is 0.0344. The molecule has 0 spiro atoms. The molecule has 45 heavy (non-hydrogen) atoms. The number of carbonyl (C=O) groups excluding carboxylic acids is 2. The van der Waals surface area contributed by atoms with Crippen LogP contribution in [-0.2, 0) is 24.2 Å². The van der Waals surface area contributed by atoms with Gasteiger partial charge >= 0.3 is 10.4 Å². The van der Waals surface area contributed by atoms with Crippen LogP contribution in [0.4, 0.5) is 0 Å². The molecule has 1 atom stereocenters. The summed E-state index contributed by atoms with van der Waals surface area (Å²) in [6.07, 6.45) is 30.5. The van der Waals surface area contributed by atoms with Crippen LogP contribution in [0.1, 0.15) is 200 Å². The summed E-state index contributed by atoms with van der Waals surface area (Å²) in [6.45, 7) is 3.81. The molecule has 0 rings (SSSR count). The van der Waals surface area contributed by atoms with Gasteiger partial charge in [-0.3, -0.25) is 14.1 Å². The molecule has 0 saturated carbocycles. The Morgan fingerprint density at radius 3 is 1.07 bits per heavy atom. The summed E-state index contributed by atoms with van der Waals surface area (Å²) in [7, 11) is -4.70. The molecule has 270 valence electrons. The Balaban J connectivity index is 0. The second kappa shape index (κ2) is 33.0. The zero-order valence-electron chi connectivity index (χ0n) is 29.4. The SMILES string of the molecule is CCCCCCCCCCCCCCCC(=O)C(CC(O)COS(=O)(=O)O)C(=O)CCCCCCCCCCCCCCC.N. The van der Waals surface area contributed by atoms with Gasteiger partial charge in [0.15, 0.2) is 0 Å². The summed E-state index contributed by atoms with van der Waals surface area (Å²) in [5.41, 5.74) is 0. The molecule has 0 saturated heterocycles. The van der Waals surface area contributed by atoms with Gasteiger partial charge < -0.3 is 11.3 Å². The molecule has 0 aliphatic carbocycles. The standard InChI is InChI=1S/C36H70O7S.H3N/c1-3-5-7-9-11-13-15-17-19-21-23-25-27-29-35(38)34(31-33(37)32-43-44(40,41)42)36(39)30-28-26-24-22-20-18-16-14-12-10-8-6-4-2;/h33-34,37H,3-32H2,1-2H3,(H,40,41,42);1H3. The van der Waals surface area contributed by atoms with Gasteiger partial charge in [0, 0.05) is 12.8 Å². The molecular formula is C36H73NO7S. The molecule has 0 aliphatic heterocycles. The van der Waals surface area contributed by atoms with Crippen LogP contribution in [0.5, 0.6) is 0 Å². The Bertz CT molecular complexity index is 733. The fraction of sp³-hybridized carbons (Fsp3) is 0.944. The summed E-state index contributed by atoms with van der Waals surface area (Å²) in [5.74, 6) is -1.32. The highest BCUT2D eigenvalue weighted by molar-refractivity contribution is 7.80. The van der Waals surface area contributed by atoms with Gasteiger partial charge in [-0.1, -0.05) is 168 Å². The minimum Gasteiger partial charge on any atom is -0.391 e. The maximum atomic E-state index is 13.0. The van der Waals surface area contributed by atoms with E-state index in [9.17, 15) is 23.1 Å². The van der Waals surface area contributed by atoms with E-state index in [1.807, 2.05) is 0 Å². The fourth-order valence-electron chi connectivity index (χ4n) is 5.93. The lowest BCUT2D eigenvalue weighted by Crippen LogP contribution is -2.31. The Morgan fingerprint density at radius 2 is 0.800 bits per heavy atom. The van der Waals surface area contributed by atoms with E-state index >= 15 is 0 Å². The van der Waals surface area contributed by atoms with Crippen LogP contribution in [0, 0.1) is 5.92 Å². The third-order valence-corrected chi connectivity index (χ3v) is 9.18. The predicted octanol–water partition coefficient (Wildman–Crippen LogP) is 10.4. The van der Waals surface area contributed by atoms with Crippen molar-refractivity contribution in [3.63, 3.8) is 0 Å². The van der Waals surface area contributed by atoms with Crippen molar-refractivity contribution in [3.05, 3.63) is 0 Å². The number of ketones is 2. The highest BCUT2D eigenvalue weighted by Crippen LogP contribution is 2.20. The molecule has 9 heteroatoms. The first kappa shape index (κ1) is 46.2. The molecule has 0 aromatic rings. The number of Topliss-reactive ketones (excluding diaryl/α,β-unsaturated/α-hetero) is 2.